The second-order valence-electron chi connectivity index (χ2n) is 11.8. The summed E-state index contributed by atoms with van der Waals surface area (Å²) in [6.07, 6.45) is 3.98. The predicted octanol–water partition coefficient (Wildman–Crippen LogP) is 5.08. The molecule has 12 heteroatoms. The van der Waals surface area contributed by atoms with Crippen LogP contribution in [0, 0.1) is 13.8 Å². The maximum absolute atomic E-state index is 13.9. The third kappa shape index (κ3) is 5.81. The number of rotatable bonds is 7. The number of anilines is 1. The first-order valence-electron chi connectivity index (χ1n) is 14.7. The van der Waals surface area contributed by atoms with Gasteiger partial charge in [-0.25, -0.2) is 8.42 Å². The Bertz CT molecular complexity index is 1780. The summed E-state index contributed by atoms with van der Waals surface area (Å²) >= 11 is 12.5. The summed E-state index contributed by atoms with van der Waals surface area (Å²) in [5.41, 5.74) is 4.18. The normalized spacial score (nSPS) is 21.3. The van der Waals surface area contributed by atoms with Gasteiger partial charge in [0.05, 0.1) is 27.9 Å². The molecule has 232 valence electrons. The number of carbonyl (C=O) groups is 2. The van der Waals surface area contributed by atoms with Crippen LogP contribution in [0.15, 0.2) is 41.3 Å². The van der Waals surface area contributed by atoms with E-state index in [2.05, 4.69) is 15.2 Å². The zero-order valence-electron chi connectivity index (χ0n) is 24.5. The predicted molar refractivity (Wildman–Crippen MR) is 172 cm³/mol. The fourth-order valence-corrected chi connectivity index (χ4v) is 8.66. The number of benzene rings is 2. The van der Waals surface area contributed by atoms with E-state index in [0.29, 0.717) is 52.4 Å². The van der Waals surface area contributed by atoms with E-state index in [1.807, 2.05) is 18.7 Å². The maximum Gasteiger partial charge on any atom is 0.256 e. The number of hydrogen-bond acceptors (Lipinski definition) is 6. The summed E-state index contributed by atoms with van der Waals surface area (Å²) in [5.74, 6) is -0.803. The van der Waals surface area contributed by atoms with E-state index in [1.165, 1.54) is 12.1 Å². The number of aliphatic hydroxyl groups excluding tert-OH is 1. The third-order valence-corrected chi connectivity index (χ3v) is 11.2. The molecule has 2 fully saturated rings. The summed E-state index contributed by atoms with van der Waals surface area (Å²) in [7, 11) is -3.85. The van der Waals surface area contributed by atoms with Gasteiger partial charge in [-0.2, -0.15) is 0 Å². The highest BCUT2D eigenvalue weighted by atomic mass is 35.5. The van der Waals surface area contributed by atoms with Gasteiger partial charge in [-0.15, -0.1) is 0 Å². The number of aryl methyl sites for hydroxylation is 1. The largest absolute Gasteiger partial charge is 0.392 e. The number of H-pyrrole nitrogens is 1. The Morgan fingerprint density at radius 1 is 1.11 bits per heavy atom. The van der Waals surface area contributed by atoms with Crippen LogP contribution in [0.5, 0.6) is 0 Å². The molecule has 2 atom stereocenters. The van der Waals surface area contributed by atoms with Gasteiger partial charge >= 0.3 is 0 Å². The maximum atomic E-state index is 13.9. The van der Waals surface area contributed by atoms with Crippen molar-refractivity contribution in [1.82, 2.24) is 14.8 Å². The molecule has 3 N–H and O–H groups in total. The van der Waals surface area contributed by atoms with Gasteiger partial charge in [0.25, 0.3) is 11.8 Å². The fourth-order valence-electron chi connectivity index (χ4n) is 6.54. The second-order valence-corrected chi connectivity index (χ2v) is 14.6. The van der Waals surface area contributed by atoms with Crippen molar-refractivity contribution in [2.75, 3.05) is 31.5 Å². The number of nitrogens with one attached hydrogen (secondary N) is 2. The van der Waals surface area contributed by atoms with Crippen LogP contribution in [0.4, 0.5) is 5.69 Å². The Morgan fingerprint density at radius 3 is 2.57 bits per heavy atom. The molecule has 4 heterocycles. The SMILES string of the molecule is Cc1[nH]c(/C=C2\C(=O)Nc3ccc(S(=O)(=O)Cc4c(Cl)cccc4Cl)cc32)c(C)c1C(=O)N1CCC[C@@H]1CN1CC[C@@H](O)C1. The van der Waals surface area contributed by atoms with E-state index < -0.39 is 9.84 Å². The van der Waals surface area contributed by atoms with Crippen molar-refractivity contribution in [2.45, 2.75) is 55.9 Å². The van der Waals surface area contributed by atoms with E-state index in [0.717, 1.165) is 37.9 Å². The van der Waals surface area contributed by atoms with Crippen molar-refractivity contribution in [3.05, 3.63) is 80.1 Å². The van der Waals surface area contributed by atoms with E-state index in [4.69, 9.17) is 23.2 Å². The topological polar surface area (TPSA) is 123 Å². The zero-order chi connectivity index (χ0) is 31.3. The van der Waals surface area contributed by atoms with Gasteiger partial charge in [-0.1, -0.05) is 29.3 Å². The van der Waals surface area contributed by atoms with Gasteiger partial charge < -0.3 is 20.3 Å². The van der Waals surface area contributed by atoms with Crippen LogP contribution in [-0.4, -0.2) is 78.4 Å². The lowest BCUT2D eigenvalue weighted by Gasteiger charge is -2.29. The fraction of sp³-hybridized carbons (Fsp3) is 0.375. The molecule has 3 aromatic rings. The number of hydrogen-bond donors (Lipinski definition) is 3. The minimum absolute atomic E-state index is 0.0375. The molecule has 2 saturated heterocycles. The lowest BCUT2D eigenvalue weighted by Crippen LogP contribution is -2.43. The second kappa shape index (κ2) is 12.0. The number of amides is 2. The highest BCUT2D eigenvalue weighted by Crippen LogP contribution is 2.37. The van der Waals surface area contributed by atoms with Gasteiger partial charge in [0.15, 0.2) is 9.84 Å². The van der Waals surface area contributed by atoms with Gasteiger partial charge in [0, 0.05) is 70.5 Å². The molecule has 2 aromatic carbocycles. The van der Waals surface area contributed by atoms with E-state index >= 15 is 0 Å². The minimum Gasteiger partial charge on any atom is -0.392 e. The van der Waals surface area contributed by atoms with Crippen molar-refractivity contribution in [3.63, 3.8) is 0 Å². The highest BCUT2D eigenvalue weighted by Gasteiger charge is 2.35. The average molecular weight is 658 g/mol. The van der Waals surface area contributed by atoms with Gasteiger partial charge in [-0.05, 0) is 75.1 Å². The van der Waals surface area contributed by atoms with Gasteiger partial charge in [-0.3, -0.25) is 14.5 Å². The van der Waals surface area contributed by atoms with E-state index in [-0.39, 0.29) is 44.7 Å². The molecule has 0 saturated carbocycles. The molecule has 0 spiro atoms. The smallest absolute Gasteiger partial charge is 0.256 e. The molecule has 3 aliphatic rings. The van der Waals surface area contributed by atoms with Crippen molar-refractivity contribution < 1.29 is 23.1 Å². The Morgan fingerprint density at radius 2 is 1.86 bits per heavy atom. The third-order valence-electron chi connectivity index (χ3n) is 8.86. The summed E-state index contributed by atoms with van der Waals surface area (Å²) in [5, 5.41) is 13.3. The van der Waals surface area contributed by atoms with Crippen LogP contribution in [0.25, 0.3) is 11.6 Å². The van der Waals surface area contributed by atoms with Gasteiger partial charge in [0.1, 0.15) is 0 Å². The first-order chi connectivity index (χ1) is 20.9. The molecule has 6 rings (SSSR count). The molecular formula is C32H34Cl2N4O5S. The van der Waals surface area contributed by atoms with Crippen molar-refractivity contribution in [1.29, 1.82) is 0 Å². The number of halogens is 2. The number of aliphatic hydroxyl groups is 1. The lowest BCUT2D eigenvalue weighted by molar-refractivity contribution is -0.110. The molecule has 0 aliphatic carbocycles. The summed E-state index contributed by atoms with van der Waals surface area (Å²) in [6, 6.07) is 9.43. The molecule has 0 unspecified atom stereocenters. The summed E-state index contributed by atoms with van der Waals surface area (Å²) in [4.78, 5) is 34.4. The molecule has 2 amide bonds. The highest BCUT2D eigenvalue weighted by molar-refractivity contribution is 7.90. The Kier molecular flexibility index (Phi) is 8.40. The van der Waals surface area contributed by atoms with Crippen LogP contribution in [-0.2, 0) is 20.4 Å². The van der Waals surface area contributed by atoms with Crippen LogP contribution in [0.2, 0.25) is 10.0 Å². The first-order valence-corrected chi connectivity index (χ1v) is 17.1. The number of β-amino-alcohol motifs (C(OH)–C–C–N with tert-alkyl or cyclic N) is 1. The molecule has 0 bridgehead atoms. The number of aromatic amines is 1. The Hall–Kier alpha value is -3.15. The van der Waals surface area contributed by atoms with Crippen LogP contribution in [0.3, 0.4) is 0 Å². The molecule has 9 nitrogen and oxygen atoms in total. The van der Waals surface area contributed by atoms with Crippen LogP contribution in [0.1, 0.15) is 57.7 Å². The standard InChI is InChI=1S/C32H34Cl2N4O5S/c1-18-29(35-19(2)30(18)32(41)38-11-4-5-20(38)15-37-12-10-21(39)16-37)14-24-23-13-22(8-9-28(23)36-31(24)40)44(42,43)17-25-26(33)6-3-7-27(25)34/h3,6-9,13-14,20-21,35,39H,4-5,10-12,15-17H2,1-2H3,(H,36,40)/b24-14-/t20-,21-/m1/s1. The lowest BCUT2D eigenvalue weighted by atomic mass is 10.0. The quantitative estimate of drug-likeness (QED) is 0.305. The van der Waals surface area contributed by atoms with Gasteiger partial charge in [0.2, 0.25) is 0 Å². The minimum atomic E-state index is -3.85. The number of sulfone groups is 1. The number of aromatic nitrogens is 1. The van der Waals surface area contributed by atoms with Crippen molar-refractivity contribution >= 4 is 62.2 Å². The molecule has 44 heavy (non-hydrogen) atoms. The number of likely N-dealkylation sites (tertiary alicyclic amines) is 2. The summed E-state index contributed by atoms with van der Waals surface area (Å²) in [6.45, 7) is 6.59. The molecular weight excluding hydrogens is 623 g/mol. The summed E-state index contributed by atoms with van der Waals surface area (Å²) < 4.78 is 26.8. The number of nitrogens with zero attached hydrogens (tertiary/aromatic N) is 2. The number of fused-ring (bicyclic) bond motifs is 1. The molecule has 1 aromatic heterocycles. The van der Waals surface area contributed by atoms with Crippen LogP contribution >= 0.6 is 23.2 Å². The van der Waals surface area contributed by atoms with E-state index in [9.17, 15) is 23.1 Å². The zero-order valence-corrected chi connectivity index (χ0v) is 26.8. The van der Waals surface area contributed by atoms with Crippen molar-refractivity contribution in [3.8, 4) is 0 Å². The average Bonchev–Trinajstić information content (AvgIpc) is 3.73. The van der Waals surface area contributed by atoms with Crippen LogP contribution < -0.4 is 5.32 Å². The van der Waals surface area contributed by atoms with Crippen molar-refractivity contribution in [2.24, 2.45) is 0 Å². The molecule has 3 aliphatic heterocycles. The monoisotopic (exact) mass is 656 g/mol. The van der Waals surface area contributed by atoms with E-state index in [1.54, 1.807) is 30.3 Å². The molecule has 0 radical (unpaired) electrons. The first kappa shape index (κ1) is 30.9. The Balaban J connectivity index is 1.28. The number of carbonyl (C=O) groups excluding carboxylic acids is 2. The Labute approximate surface area is 266 Å².